The SMILES string of the molecule is C.CC(C)Cn1nc2c(-c3ccc(N(c4ccccc4)c4ccccc4)cc3)c3n[se+][n-]c3c(-c3ccc(N(c4ccccc4)c4ccccc4)cc3)c2n1. The number of rotatable bonds is 10. The molecule has 2 aromatic heterocycles. The molecule has 0 fully saturated rings. The quantitative estimate of drug-likeness (QED) is 0.129. The summed E-state index contributed by atoms with van der Waals surface area (Å²) in [5.74, 6) is 0.380. The summed E-state index contributed by atoms with van der Waals surface area (Å²) >= 11 is -0.271. The fraction of sp³-hybridized carbons (Fsp3) is 0.106. The Morgan fingerprint density at radius 3 is 1.25 bits per heavy atom. The van der Waals surface area contributed by atoms with Gasteiger partial charge in [-0.3, -0.25) is 0 Å². The van der Waals surface area contributed by atoms with Crippen molar-refractivity contribution in [1.29, 1.82) is 0 Å². The van der Waals surface area contributed by atoms with Crippen LogP contribution in [0.25, 0.3) is 44.3 Å². The standard InChI is InChI=1S/C46H37N7Se.CH4/c1-32(2)31-51-47-43-41(33-23-27-39(28-24-33)52(35-15-7-3-8-16-35)36-17-9-4-10-18-36)45-46(50-54-49-45)42(44(43)48-51)34-25-29-40(30-26-34)53(37-19-11-5-12-20-37)38-21-13-6-14-22-38;/h3-30,32H,31H2,1-2H3;1H4. The number of aromatic nitrogens is 5. The molecular weight excluding hydrogens is 742 g/mol. The zero-order valence-corrected chi connectivity index (χ0v) is 31.7. The molecule has 0 unspecified atom stereocenters. The Balaban J connectivity index is 0.00000427. The van der Waals surface area contributed by atoms with Crippen LogP contribution in [0, 0.1) is 5.92 Å². The average Bonchev–Trinajstić information content (AvgIpc) is 3.87. The van der Waals surface area contributed by atoms with Gasteiger partial charge in [0.1, 0.15) is 0 Å². The van der Waals surface area contributed by atoms with Crippen LogP contribution in [-0.2, 0) is 6.54 Å². The summed E-state index contributed by atoms with van der Waals surface area (Å²) in [6.07, 6.45) is 0. The van der Waals surface area contributed by atoms with E-state index in [1.165, 1.54) is 0 Å². The predicted octanol–water partition coefficient (Wildman–Crippen LogP) is 11.8. The van der Waals surface area contributed by atoms with Gasteiger partial charge in [0.2, 0.25) is 0 Å². The summed E-state index contributed by atoms with van der Waals surface area (Å²) in [5, 5.41) is 10.3. The van der Waals surface area contributed by atoms with Gasteiger partial charge in [-0.05, 0) is 0 Å². The Morgan fingerprint density at radius 2 is 0.855 bits per heavy atom. The van der Waals surface area contributed by atoms with E-state index in [9.17, 15) is 0 Å². The van der Waals surface area contributed by atoms with Crippen LogP contribution in [0.3, 0.4) is 0 Å². The molecule has 0 saturated carbocycles. The molecule has 0 aliphatic rings. The minimum atomic E-state index is -0.271. The van der Waals surface area contributed by atoms with Crippen LogP contribution in [0.4, 0.5) is 34.1 Å². The molecule has 0 N–H and O–H groups in total. The Hall–Kier alpha value is -6.34. The summed E-state index contributed by atoms with van der Waals surface area (Å²) in [5.41, 5.74) is 14.0. The number of hydrogen-bond donors (Lipinski definition) is 0. The first-order chi connectivity index (χ1) is 26.6. The summed E-state index contributed by atoms with van der Waals surface area (Å²) in [6, 6.07) is 59.3. The number of nitrogens with zero attached hydrogens (tertiary/aromatic N) is 7. The third-order valence-electron chi connectivity index (χ3n) is 9.51. The first-order valence-electron chi connectivity index (χ1n) is 18.2. The fourth-order valence-electron chi connectivity index (χ4n) is 7.14. The normalized spacial score (nSPS) is 11.2. The molecular formula is C47H41N7Se. The number of para-hydroxylation sites is 4. The van der Waals surface area contributed by atoms with E-state index in [1.807, 2.05) is 29.1 Å². The summed E-state index contributed by atoms with van der Waals surface area (Å²) in [4.78, 5) is 6.40. The van der Waals surface area contributed by atoms with E-state index in [1.54, 1.807) is 0 Å². The van der Waals surface area contributed by atoms with Gasteiger partial charge in [-0.15, -0.1) is 0 Å². The molecule has 2 heterocycles. The van der Waals surface area contributed by atoms with Crippen LogP contribution in [0.2, 0.25) is 0 Å². The van der Waals surface area contributed by atoms with Gasteiger partial charge in [0, 0.05) is 0 Å². The molecule has 0 spiro atoms. The van der Waals surface area contributed by atoms with Crippen LogP contribution in [0.15, 0.2) is 170 Å². The Labute approximate surface area is 328 Å². The molecule has 9 aromatic rings. The van der Waals surface area contributed by atoms with Gasteiger partial charge in [0.15, 0.2) is 0 Å². The second-order valence-corrected chi connectivity index (χ2v) is 14.8. The van der Waals surface area contributed by atoms with Crippen molar-refractivity contribution in [3.05, 3.63) is 170 Å². The van der Waals surface area contributed by atoms with E-state index in [-0.39, 0.29) is 22.4 Å². The van der Waals surface area contributed by atoms with Gasteiger partial charge >= 0.3 is 322 Å². The molecule has 0 aliphatic carbocycles. The molecule has 0 saturated heterocycles. The van der Waals surface area contributed by atoms with Crippen molar-refractivity contribution in [3.8, 4) is 22.3 Å². The average molecular weight is 783 g/mol. The molecule has 0 amide bonds. The van der Waals surface area contributed by atoms with Gasteiger partial charge < -0.3 is 0 Å². The molecule has 55 heavy (non-hydrogen) atoms. The predicted molar refractivity (Wildman–Crippen MR) is 229 cm³/mol. The van der Waals surface area contributed by atoms with E-state index in [0.717, 1.165) is 78.4 Å². The van der Waals surface area contributed by atoms with Crippen LogP contribution < -0.4 is 13.8 Å². The molecule has 0 atom stereocenters. The van der Waals surface area contributed by atoms with E-state index >= 15 is 0 Å². The Bertz CT molecular complexity index is 2380. The molecule has 8 heteroatoms. The topological polar surface area (TPSA) is 64.2 Å². The van der Waals surface area contributed by atoms with E-state index in [4.69, 9.17) is 18.2 Å². The van der Waals surface area contributed by atoms with Crippen LogP contribution in [0.5, 0.6) is 0 Å². The van der Waals surface area contributed by atoms with E-state index in [0.29, 0.717) is 12.5 Å². The first kappa shape index (κ1) is 35.7. The second kappa shape index (κ2) is 15.6. The van der Waals surface area contributed by atoms with Crippen molar-refractivity contribution in [2.24, 2.45) is 5.92 Å². The van der Waals surface area contributed by atoms with Crippen LogP contribution in [0.1, 0.15) is 21.3 Å². The van der Waals surface area contributed by atoms with Gasteiger partial charge in [-0.2, -0.15) is 0 Å². The van der Waals surface area contributed by atoms with Crippen molar-refractivity contribution in [3.63, 3.8) is 0 Å². The number of benzene rings is 7. The van der Waals surface area contributed by atoms with Crippen LogP contribution in [-0.4, -0.2) is 33.9 Å². The fourth-order valence-corrected chi connectivity index (χ4v) is 8.31. The summed E-state index contributed by atoms with van der Waals surface area (Å²) in [6.45, 7) is 5.09. The maximum atomic E-state index is 5.16. The zero-order valence-electron chi connectivity index (χ0n) is 30.0. The molecule has 0 bridgehead atoms. The van der Waals surface area contributed by atoms with Gasteiger partial charge in [0.25, 0.3) is 0 Å². The summed E-state index contributed by atoms with van der Waals surface area (Å²) < 4.78 is 10.1. The molecule has 270 valence electrons. The second-order valence-electron chi connectivity index (χ2n) is 13.7. The van der Waals surface area contributed by atoms with Gasteiger partial charge in [0.05, 0.1) is 0 Å². The number of hydrogen-bond acceptors (Lipinski definition) is 5. The van der Waals surface area contributed by atoms with Crippen molar-refractivity contribution in [2.45, 2.75) is 27.8 Å². The first-order valence-corrected chi connectivity index (χ1v) is 19.7. The molecule has 0 radical (unpaired) electrons. The van der Waals surface area contributed by atoms with Crippen LogP contribution >= 0.6 is 0 Å². The Morgan fingerprint density at radius 1 is 0.491 bits per heavy atom. The van der Waals surface area contributed by atoms with Crippen molar-refractivity contribution in [2.75, 3.05) is 9.80 Å². The van der Waals surface area contributed by atoms with Crippen molar-refractivity contribution >= 4 is 71.2 Å². The number of fused-ring (bicyclic) bond motifs is 2. The molecule has 7 aromatic carbocycles. The third-order valence-corrected chi connectivity index (χ3v) is 10.6. The van der Waals surface area contributed by atoms with Crippen molar-refractivity contribution < 1.29 is 0 Å². The molecule has 7 nitrogen and oxygen atoms in total. The third kappa shape index (κ3) is 6.94. The van der Waals surface area contributed by atoms with E-state index < -0.39 is 0 Å². The van der Waals surface area contributed by atoms with E-state index in [2.05, 4.69) is 169 Å². The maximum absolute atomic E-state index is 5.16. The number of anilines is 6. The summed E-state index contributed by atoms with van der Waals surface area (Å²) in [7, 11) is 0. The minimum absolute atomic E-state index is 0. The van der Waals surface area contributed by atoms with Gasteiger partial charge in [-0.1, -0.05) is 7.43 Å². The van der Waals surface area contributed by atoms with Crippen molar-refractivity contribution in [1.82, 2.24) is 23.0 Å². The molecule has 0 aliphatic heterocycles. The molecule has 9 rings (SSSR count). The monoisotopic (exact) mass is 783 g/mol. The Kier molecular flexibility index (Phi) is 10.1. The zero-order chi connectivity index (χ0) is 36.4. The van der Waals surface area contributed by atoms with Gasteiger partial charge in [-0.25, -0.2) is 0 Å².